The van der Waals surface area contributed by atoms with Crippen molar-refractivity contribution in [3.63, 3.8) is 0 Å². The average Bonchev–Trinajstić information content (AvgIpc) is 2.46. The monoisotopic (exact) mass is 120 g/mol. The molecule has 0 amide bonds. The molecular formula is C8H8O. The van der Waals surface area contributed by atoms with Gasteiger partial charge in [-0.25, -0.2) is 0 Å². The van der Waals surface area contributed by atoms with Gasteiger partial charge in [-0.2, -0.15) is 0 Å². The Hall–Kier alpha value is -0.980. The Labute approximate surface area is 54.3 Å². The maximum absolute atomic E-state index is 5.14. The number of allylic oxidation sites excluding steroid dienone is 5. The molecule has 1 aliphatic carbocycles. The molecule has 0 aromatic heterocycles. The van der Waals surface area contributed by atoms with Crippen LogP contribution in [-0.2, 0) is 4.74 Å². The molecule has 0 saturated carbocycles. The Kier molecular flexibility index (Phi) is 0.950. The molecule has 1 nitrogen and oxygen atoms in total. The Morgan fingerprint density at radius 3 is 3.33 bits per heavy atom. The minimum absolute atomic E-state index is 1.08. The second-order valence-electron chi connectivity index (χ2n) is 2.22. The van der Waals surface area contributed by atoms with E-state index in [0.717, 1.165) is 18.6 Å². The molecule has 0 aromatic carbocycles. The Balaban J connectivity index is 2.19. The van der Waals surface area contributed by atoms with Crippen molar-refractivity contribution in [1.29, 1.82) is 0 Å². The Morgan fingerprint density at radius 2 is 2.33 bits per heavy atom. The van der Waals surface area contributed by atoms with Gasteiger partial charge in [0, 0.05) is 6.42 Å². The molecule has 0 atom stereocenters. The molecule has 0 unspecified atom stereocenters. The predicted molar refractivity (Wildman–Crippen MR) is 35.6 cm³/mol. The minimum Gasteiger partial charge on any atom is -0.454 e. The molecule has 0 radical (unpaired) electrons. The first-order valence-electron chi connectivity index (χ1n) is 3.21. The van der Waals surface area contributed by atoms with Crippen molar-refractivity contribution in [3.05, 3.63) is 35.8 Å². The summed E-state index contributed by atoms with van der Waals surface area (Å²) >= 11 is 0. The summed E-state index contributed by atoms with van der Waals surface area (Å²) in [6.45, 7) is 0. The third-order valence-electron chi connectivity index (χ3n) is 1.50. The highest BCUT2D eigenvalue weighted by atomic mass is 16.6. The lowest BCUT2D eigenvalue weighted by Gasteiger charge is -1.82. The van der Waals surface area contributed by atoms with Crippen LogP contribution < -0.4 is 0 Å². The van der Waals surface area contributed by atoms with Gasteiger partial charge in [-0.15, -0.1) is 0 Å². The third kappa shape index (κ3) is 0.900. The number of hydrogen-bond donors (Lipinski definition) is 0. The molecule has 0 saturated heterocycles. The van der Waals surface area contributed by atoms with Gasteiger partial charge < -0.3 is 4.74 Å². The molecule has 0 spiro atoms. The van der Waals surface area contributed by atoms with E-state index in [1.54, 1.807) is 0 Å². The lowest BCUT2D eigenvalue weighted by molar-refractivity contribution is 0.465. The zero-order valence-electron chi connectivity index (χ0n) is 5.13. The second-order valence-corrected chi connectivity index (χ2v) is 2.22. The zero-order valence-corrected chi connectivity index (χ0v) is 5.13. The minimum atomic E-state index is 1.08. The molecule has 2 aliphatic rings. The van der Waals surface area contributed by atoms with Gasteiger partial charge >= 0.3 is 0 Å². The molecule has 0 N–H and O–H groups in total. The van der Waals surface area contributed by atoms with Gasteiger partial charge in [0.1, 0.15) is 5.76 Å². The van der Waals surface area contributed by atoms with Gasteiger partial charge in [0.2, 0.25) is 0 Å². The van der Waals surface area contributed by atoms with Gasteiger partial charge in [-0.1, -0.05) is 18.2 Å². The van der Waals surface area contributed by atoms with E-state index in [-0.39, 0.29) is 0 Å². The normalized spacial score (nSPS) is 22.2. The van der Waals surface area contributed by atoms with Crippen LogP contribution >= 0.6 is 0 Å². The largest absolute Gasteiger partial charge is 0.454 e. The molecule has 0 fully saturated rings. The standard InChI is InChI=1S/C8H8O/c1-2-4-6-8-7(9-8)5-3-1/h1-3,5H,4,6H2. The van der Waals surface area contributed by atoms with Crippen molar-refractivity contribution >= 4 is 0 Å². The summed E-state index contributed by atoms with van der Waals surface area (Å²) in [6.07, 6.45) is 10.4. The van der Waals surface area contributed by atoms with Crippen LogP contribution in [0.15, 0.2) is 35.8 Å². The van der Waals surface area contributed by atoms with Crippen LogP contribution in [-0.4, -0.2) is 0 Å². The van der Waals surface area contributed by atoms with Crippen molar-refractivity contribution in [2.45, 2.75) is 12.8 Å². The van der Waals surface area contributed by atoms with Crippen molar-refractivity contribution in [2.24, 2.45) is 0 Å². The summed E-state index contributed by atoms with van der Waals surface area (Å²) in [5, 5.41) is 0. The van der Waals surface area contributed by atoms with E-state index in [4.69, 9.17) is 4.74 Å². The summed E-state index contributed by atoms with van der Waals surface area (Å²) in [5.74, 6) is 2.26. The van der Waals surface area contributed by atoms with Gasteiger partial charge in [0.05, 0.1) is 0 Å². The molecule has 1 aliphatic heterocycles. The molecule has 9 heavy (non-hydrogen) atoms. The smallest absolute Gasteiger partial charge is 0.165 e. The fourth-order valence-electron chi connectivity index (χ4n) is 0.941. The summed E-state index contributed by atoms with van der Waals surface area (Å²) < 4.78 is 5.14. The highest BCUT2D eigenvalue weighted by molar-refractivity contribution is 5.32. The van der Waals surface area contributed by atoms with Gasteiger partial charge in [-0.3, -0.25) is 0 Å². The highest BCUT2D eigenvalue weighted by Gasteiger charge is 2.20. The second kappa shape index (κ2) is 1.76. The Bertz CT molecular complexity index is 209. The molecule has 46 valence electrons. The van der Waals surface area contributed by atoms with E-state index in [1.165, 1.54) is 5.76 Å². The van der Waals surface area contributed by atoms with Crippen LogP contribution in [0.3, 0.4) is 0 Å². The van der Waals surface area contributed by atoms with Crippen LogP contribution in [0.2, 0.25) is 0 Å². The maximum atomic E-state index is 5.14. The summed E-state index contributed by atoms with van der Waals surface area (Å²) in [6, 6.07) is 0. The first kappa shape index (κ1) is 4.86. The topological polar surface area (TPSA) is 12.5 Å². The molecule has 0 bridgehead atoms. The quantitative estimate of drug-likeness (QED) is 0.477. The summed E-state index contributed by atoms with van der Waals surface area (Å²) in [4.78, 5) is 0. The maximum Gasteiger partial charge on any atom is 0.165 e. The average molecular weight is 120 g/mol. The summed E-state index contributed by atoms with van der Waals surface area (Å²) in [5.41, 5.74) is 0. The van der Waals surface area contributed by atoms with Crippen LogP contribution in [0.4, 0.5) is 0 Å². The van der Waals surface area contributed by atoms with E-state index < -0.39 is 0 Å². The SMILES string of the molecule is C1=CCCC2=C(C=C1)O2. The molecule has 1 heteroatoms. The number of rotatable bonds is 0. The van der Waals surface area contributed by atoms with E-state index >= 15 is 0 Å². The lowest BCUT2D eigenvalue weighted by Crippen LogP contribution is -1.67. The van der Waals surface area contributed by atoms with Crippen molar-refractivity contribution in [2.75, 3.05) is 0 Å². The van der Waals surface area contributed by atoms with Crippen LogP contribution in [0.5, 0.6) is 0 Å². The lowest BCUT2D eigenvalue weighted by atomic mass is 10.2. The van der Waals surface area contributed by atoms with E-state index in [9.17, 15) is 0 Å². The van der Waals surface area contributed by atoms with Gasteiger partial charge in [0.15, 0.2) is 5.76 Å². The predicted octanol–water partition coefficient (Wildman–Crippen LogP) is 2.13. The fourth-order valence-corrected chi connectivity index (χ4v) is 0.941. The molecule has 1 heterocycles. The van der Waals surface area contributed by atoms with E-state index in [1.807, 2.05) is 12.2 Å². The highest BCUT2D eigenvalue weighted by Crippen LogP contribution is 2.32. The summed E-state index contributed by atoms with van der Waals surface area (Å²) in [7, 11) is 0. The van der Waals surface area contributed by atoms with Gasteiger partial charge in [0.25, 0.3) is 0 Å². The fraction of sp³-hybridized carbons (Fsp3) is 0.250. The van der Waals surface area contributed by atoms with Crippen LogP contribution in [0.25, 0.3) is 0 Å². The Morgan fingerprint density at radius 1 is 1.33 bits per heavy atom. The molecular weight excluding hydrogens is 112 g/mol. The molecule has 2 rings (SSSR count). The molecule has 0 aromatic rings. The van der Waals surface area contributed by atoms with E-state index in [2.05, 4.69) is 12.2 Å². The first-order valence-corrected chi connectivity index (χ1v) is 3.21. The number of ether oxygens (including phenoxy) is 1. The van der Waals surface area contributed by atoms with Crippen LogP contribution in [0, 0.1) is 0 Å². The zero-order chi connectivity index (χ0) is 6.10. The number of hydrogen-bond acceptors (Lipinski definition) is 1. The third-order valence-corrected chi connectivity index (χ3v) is 1.50. The van der Waals surface area contributed by atoms with Crippen molar-refractivity contribution in [1.82, 2.24) is 0 Å². The van der Waals surface area contributed by atoms with Crippen molar-refractivity contribution < 1.29 is 4.74 Å². The van der Waals surface area contributed by atoms with Crippen molar-refractivity contribution in [3.8, 4) is 0 Å². The van der Waals surface area contributed by atoms with Crippen LogP contribution in [0.1, 0.15) is 12.8 Å². The first-order chi connectivity index (χ1) is 4.47. The van der Waals surface area contributed by atoms with Gasteiger partial charge in [-0.05, 0) is 12.5 Å². The van der Waals surface area contributed by atoms with E-state index in [0.29, 0.717) is 0 Å².